The van der Waals surface area contributed by atoms with E-state index in [0.29, 0.717) is 18.2 Å². The highest BCUT2D eigenvalue weighted by Crippen LogP contribution is 2.29. The number of nitrogens with one attached hydrogen (secondary N) is 1. The van der Waals surface area contributed by atoms with Gasteiger partial charge in [0, 0.05) is 12.0 Å². The Balaban J connectivity index is 1.56. The molecule has 0 saturated carbocycles. The van der Waals surface area contributed by atoms with Crippen molar-refractivity contribution in [2.75, 3.05) is 5.32 Å². The Morgan fingerprint density at radius 3 is 2.85 bits per heavy atom. The molecule has 0 spiro atoms. The van der Waals surface area contributed by atoms with Crippen LogP contribution < -0.4 is 5.32 Å². The van der Waals surface area contributed by atoms with Crippen molar-refractivity contribution in [1.82, 2.24) is 14.9 Å². The molecule has 0 radical (unpaired) electrons. The van der Waals surface area contributed by atoms with Gasteiger partial charge in [-0.2, -0.15) is 5.10 Å². The molecule has 1 N–H and O–H groups in total. The van der Waals surface area contributed by atoms with Crippen LogP contribution in [0.25, 0.3) is 0 Å². The van der Waals surface area contributed by atoms with Gasteiger partial charge < -0.3 is 9.84 Å². The molecule has 0 aliphatic heterocycles. The Kier molecular flexibility index (Phi) is 4.56. The number of rotatable bonds is 4. The molecular weight excluding hydrogens is 340 g/mol. The summed E-state index contributed by atoms with van der Waals surface area (Å²) in [7, 11) is 0. The van der Waals surface area contributed by atoms with Crippen molar-refractivity contribution in [1.29, 1.82) is 0 Å². The highest BCUT2D eigenvalue weighted by Gasteiger charge is 2.27. The predicted molar refractivity (Wildman–Crippen MR) is 103 cm³/mol. The van der Waals surface area contributed by atoms with E-state index in [9.17, 15) is 4.79 Å². The highest BCUT2D eigenvalue weighted by atomic mass is 16.5. The largest absolute Gasteiger partial charge is 0.360 e. The van der Waals surface area contributed by atoms with Gasteiger partial charge in [-0.3, -0.25) is 9.48 Å². The average molecular weight is 364 g/mol. The van der Waals surface area contributed by atoms with Crippen molar-refractivity contribution in [3.63, 3.8) is 0 Å². The Labute approximate surface area is 158 Å². The zero-order valence-corrected chi connectivity index (χ0v) is 16.0. The number of hydrogen-bond acceptors (Lipinski definition) is 4. The molecule has 6 heteroatoms. The van der Waals surface area contributed by atoms with Crippen LogP contribution in [-0.2, 0) is 19.4 Å². The van der Waals surface area contributed by atoms with Crippen LogP contribution in [0, 0.1) is 19.8 Å². The summed E-state index contributed by atoms with van der Waals surface area (Å²) >= 11 is 0. The minimum Gasteiger partial charge on any atom is -0.360 e. The molecule has 0 unspecified atom stereocenters. The molecule has 6 nitrogen and oxygen atoms in total. The smallest absolute Gasteiger partial charge is 0.278 e. The van der Waals surface area contributed by atoms with Crippen molar-refractivity contribution in [3.8, 4) is 0 Å². The minimum atomic E-state index is -0.223. The predicted octanol–water partition coefficient (Wildman–Crippen LogP) is 3.91. The monoisotopic (exact) mass is 364 g/mol. The zero-order valence-electron chi connectivity index (χ0n) is 16.0. The van der Waals surface area contributed by atoms with Crippen LogP contribution >= 0.6 is 0 Å². The third-order valence-corrected chi connectivity index (χ3v) is 5.30. The van der Waals surface area contributed by atoms with Crippen LogP contribution in [0.15, 0.2) is 34.9 Å². The van der Waals surface area contributed by atoms with E-state index >= 15 is 0 Å². The maximum absolute atomic E-state index is 12.9. The van der Waals surface area contributed by atoms with Crippen LogP contribution in [0.4, 0.5) is 5.69 Å². The number of carbonyl (C=O) groups is 1. The lowest BCUT2D eigenvalue weighted by Crippen LogP contribution is -2.18. The summed E-state index contributed by atoms with van der Waals surface area (Å²) in [5, 5.41) is 11.7. The molecule has 1 aromatic carbocycles. The second-order valence-electron chi connectivity index (χ2n) is 7.42. The van der Waals surface area contributed by atoms with E-state index in [4.69, 9.17) is 4.52 Å². The van der Waals surface area contributed by atoms with Crippen LogP contribution in [0.1, 0.15) is 52.1 Å². The second kappa shape index (κ2) is 7.02. The first-order valence-corrected chi connectivity index (χ1v) is 9.39. The van der Waals surface area contributed by atoms with E-state index in [1.54, 1.807) is 0 Å². The van der Waals surface area contributed by atoms with Gasteiger partial charge in [-0.1, -0.05) is 42.4 Å². The molecule has 1 aliphatic rings. The van der Waals surface area contributed by atoms with Crippen LogP contribution in [0.2, 0.25) is 0 Å². The van der Waals surface area contributed by atoms with Crippen molar-refractivity contribution in [2.45, 2.75) is 46.6 Å². The summed E-state index contributed by atoms with van der Waals surface area (Å²) < 4.78 is 7.32. The maximum Gasteiger partial charge on any atom is 0.278 e. The minimum absolute atomic E-state index is 0.223. The molecule has 3 aromatic rings. The molecule has 1 amide bonds. The quantitative estimate of drug-likeness (QED) is 0.762. The molecule has 1 atom stereocenters. The average Bonchev–Trinajstić information content (AvgIpc) is 3.18. The first kappa shape index (κ1) is 17.5. The van der Waals surface area contributed by atoms with Gasteiger partial charge in [0.2, 0.25) is 0 Å². The summed E-state index contributed by atoms with van der Waals surface area (Å²) in [6.45, 7) is 6.74. The molecular formula is C21H24N4O2. The highest BCUT2D eigenvalue weighted by molar-refractivity contribution is 6.04. The summed E-state index contributed by atoms with van der Waals surface area (Å²) in [6, 6.07) is 10.2. The van der Waals surface area contributed by atoms with E-state index in [2.05, 4.69) is 34.6 Å². The van der Waals surface area contributed by atoms with Crippen LogP contribution in [0.3, 0.4) is 0 Å². The van der Waals surface area contributed by atoms with Crippen LogP contribution in [0.5, 0.6) is 0 Å². The lowest BCUT2D eigenvalue weighted by atomic mass is 9.88. The number of nitrogens with zero attached hydrogens (tertiary/aromatic N) is 3. The second-order valence-corrected chi connectivity index (χ2v) is 7.42. The molecule has 1 aliphatic carbocycles. The van der Waals surface area contributed by atoms with Gasteiger partial charge in [-0.15, -0.1) is 0 Å². The normalized spacial score (nSPS) is 16.2. The lowest BCUT2D eigenvalue weighted by Gasteiger charge is -2.16. The number of hydrogen-bond donors (Lipinski definition) is 1. The van der Waals surface area contributed by atoms with Crippen LogP contribution in [-0.4, -0.2) is 20.8 Å². The Hall–Kier alpha value is -2.89. The molecule has 0 saturated heterocycles. The van der Waals surface area contributed by atoms with Gasteiger partial charge in [0.25, 0.3) is 5.91 Å². The van der Waals surface area contributed by atoms with Gasteiger partial charge >= 0.3 is 0 Å². The molecule has 4 rings (SSSR count). The first-order valence-electron chi connectivity index (χ1n) is 9.39. The third kappa shape index (κ3) is 3.39. The summed E-state index contributed by atoms with van der Waals surface area (Å²) in [6.07, 6.45) is 2.77. The van der Waals surface area contributed by atoms with Gasteiger partial charge in [0.15, 0.2) is 5.69 Å². The van der Waals surface area contributed by atoms with Gasteiger partial charge in [-0.25, -0.2) is 0 Å². The fourth-order valence-corrected chi connectivity index (χ4v) is 3.72. The fourth-order valence-electron chi connectivity index (χ4n) is 3.72. The number of aromatic nitrogens is 3. The Bertz CT molecular complexity index is 972. The number of aryl methyl sites for hydroxylation is 2. The zero-order chi connectivity index (χ0) is 19.0. The summed E-state index contributed by atoms with van der Waals surface area (Å²) in [5.41, 5.74) is 5.00. The third-order valence-electron chi connectivity index (χ3n) is 5.30. The van der Waals surface area contributed by atoms with Crippen molar-refractivity contribution in [3.05, 3.63) is 64.3 Å². The standard InChI is InChI=1S/C21H24N4O2/c1-13-9-10-18-17(11-13)20(24-27-18)21(26)22-19-14(2)23-25(15(19)3)12-16-7-5-4-6-8-16/h4-8,13H,9-12H2,1-3H3,(H,22,26)/t13-/m0/s1. The Morgan fingerprint density at radius 2 is 2.07 bits per heavy atom. The summed E-state index contributed by atoms with van der Waals surface area (Å²) in [5.74, 6) is 1.17. The molecule has 2 heterocycles. The maximum atomic E-state index is 12.9. The molecule has 0 bridgehead atoms. The van der Waals surface area contributed by atoms with E-state index in [1.165, 1.54) is 5.56 Å². The van der Waals surface area contributed by atoms with E-state index in [0.717, 1.165) is 47.7 Å². The Morgan fingerprint density at radius 1 is 1.30 bits per heavy atom. The van der Waals surface area contributed by atoms with E-state index < -0.39 is 0 Å². The topological polar surface area (TPSA) is 73.0 Å². The van der Waals surface area contributed by atoms with Crippen molar-refractivity contribution >= 4 is 11.6 Å². The summed E-state index contributed by atoms with van der Waals surface area (Å²) in [4.78, 5) is 12.9. The number of amides is 1. The fraction of sp³-hybridized carbons (Fsp3) is 0.381. The van der Waals surface area contributed by atoms with Crippen molar-refractivity contribution in [2.24, 2.45) is 5.92 Å². The molecule has 2 aromatic heterocycles. The molecule has 140 valence electrons. The number of anilines is 1. The molecule has 27 heavy (non-hydrogen) atoms. The van der Waals surface area contributed by atoms with E-state index in [1.807, 2.05) is 36.7 Å². The van der Waals surface area contributed by atoms with Crippen molar-refractivity contribution < 1.29 is 9.32 Å². The number of carbonyl (C=O) groups excluding carboxylic acids is 1. The molecule has 0 fully saturated rings. The lowest BCUT2D eigenvalue weighted by molar-refractivity contribution is 0.101. The van der Waals surface area contributed by atoms with E-state index in [-0.39, 0.29) is 5.91 Å². The van der Waals surface area contributed by atoms with Gasteiger partial charge in [0.1, 0.15) is 5.76 Å². The van der Waals surface area contributed by atoms with Gasteiger partial charge in [-0.05, 0) is 38.2 Å². The SMILES string of the molecule is Cc1nn(Cc2ccccc2)c(C)c1NC(=O)c1noc2c1C[C@@H](C)CC2. The number of fused-ring (bicyclic) bond motifs is 1. The number of benzene rings is 1. The van der Waals surface area contributed by atoms with Gasteiger partial charge in [0.05, 0.1) is 23.6 Å². The first-order chi connectivity index (χ1) is 13.0.